The Kier molecular flexibility index (Phi) is 4.03. The summed E-state index contributed by atoms with van der Waals surface area (Å²) >= 11 is 0. The van der Waals surface area contributed by atoms with E-state index in [1.165, 1.54) is 0 Å². The highest BCUT2D eigenvalue weighted by Gasteiger charge is 1.90. The van der Waals surface area contributed by atoms with Crippen molar-refractivity contribution in [3.8, 4) is 0 Å². The van der Waals surface area contributed by atoms with E-state index in [-0.39, 0.29) is 0 Å². The van der Waals surface area contributed by atoms with E-state index in [1.807, 2.05) is 41.6 Å². The Morgan fingerprint density at radius 1 is 1.15 bits per heavy atom. The summed E-state index contributed by atoms with van der Waals surface area (Å²) < 4.78 is 0. The van der Waals surface area contributed by atoms with E-state index >= 15 is 0 Å². The Morgan fingerprint density at radius 2 is 1.77 bits per heavy atom. The standard InChI is InChI=1S/C11H16N2/c1-3-13(4-2)12-10-11-8-6-5-7-9-11/h5-10H,3-4H2,1-2H3/b12-10+. The molecule has 0 bridgehead atoms. The maximum atomic E-state index is 4.34. The average molecular weight is 176 g/mol. The highest BCUT2D eigenvalue weighted by Crippen LogP contribution is 1.95. The van der Waals surface area contributed by atoms with Gasteiger partial charge in [-0.1, -0.05) is 30.3 Å². The molecule has 0 aliphatic rings. The summed E-state index contributed by atoms with van der Waals surface area (Å²) in [6.45, 7) is 6.12. The van der Waals surface area contributed by atoms with Crippen molar-refractivity contribution in [2.45, 2.75) is 13.8 Å². The smallest absolute Gasteiger partial charge is 0.0542 e. The van der Waals surface area contributed by atoms with E-state index < -0.39 is 0 Å². The molecule has 70 valence electrons. The van der Waals surface area contributed by atoms with E-state index in [4.69, 9.17) is 0 Å². The number of benzene rings is 1. The second-order valence-corrected chi connectivity index (χ2v) is 2.79. The van der Waals surface area contributed by atoms with Crippen molar-refractivity contribution < 1.29 is 0 Å². The first-order valence-corrected chi connectivity index (χ1v) is 4.70. The molecule has 0 aliphatic carbocycles. The van der Waals surface area contributed by atoms with Crippen LogP contribution in [0.25, 0.3) is 0 Å². The highest BCUT2D eigenvalue weighted by molar-refractivity contribution is 5.79. The van der Waals surface area contributed by atoms with Crippen molar-refractivity contribution >= 4 is 6.21 Å². The zero-order chi connectivity index (χ0) is 9.52. The van der Waals surface area contributed by atoms with Gasteiger partial charge in [-0.3, -0.25) is 5.01 Å². The van der Waals surface area contributed by atoms with Crippen molar-refractivity contribution in [3.63, 3.8) is 0 Å². The summed E-state index contributed by atoms with van der Waals surface area (Å²) in [7, 11) is 0. The molecular weight excluding hydrogens is 160 g/mol. The summed E-state index contributed by atoms with van der Waals surface area (Å²) in [5.74, 6) is 0. The molecule has 0 spiro atoms. The molecule has 0 saturated carbocycles. The fourth-order valence-corrected chi connectivity index (χ4v) is 1.07. The van der Waals surface area contributed by atoms with Crippen LogP contribution in [0.4, 0.5) is 0 Å². The number of nitrogens with zero attached hydrogens (tertiary/aromatic N) is 2. The molecule has 0 heterocycles. The van der Waals surface area contributed by atoms with E-state index in [9.17, 15) is 0 Å². The quantitative estimate of drug-likeness (QED) is 0.508. The molecule has 0 aromatic heterocycles. The number of rotatable bonds is 4. The van der Waals surface area contributed by atoms with Gasteiger partial charge in [-0.25, -0.2) is 0 Å². The van der Waals surface area contributed by atoms with Gasteiger partial charge >= 0.3 is 0 Å². The number of hydrazone groups is 1. The van der Waals surface area contributed by atoms with Gasteiger partial charge in [-0.05, 0) is 19.4 Å². The van der Waals surface area contributed by atoms with Crippen LogP contribution in [0.1, 0.15) is 19.4 Å². The molecule has 0 atom stereocenters. The minimum absolute atomic E-state index is 0.958. The van der Waals surface area contributed by atoms with Crippen molar-refractivity contribution in [2.75, 3.05) is 13.1 Å². The van der Waals surface area contributed by atoms with Crippen molar-refractivity contribution in [1.29, 1.82) is 0 Å². The largest absolute Gasteiger partial charge is 0.298 e. The molecule has 0 unspecified atom stereocenters. The average Bonchev–Trinajstić information content (AvgIpc) is 2.21. The zero-order valence-electron chi connectivity index (χ0n) is 8.27. The highest BCUT2D eigenvalue weighted by atomic mass is 15.4. The van der Waals surface area contributed by atoms with Crippen LogP contribution in [-0.2, 0) is 0 Å². The monoisotopic (exact) mass is 176 g/mol. The van der Waals surface area contributed by atoms with Gasteiger partial charge in [-0.15, -0.1) is 0 Å². The van der Waals surface area contributed by atoms with Gasteiger partial charge in [0.2, 0.25) is 0 Å². The molecule has 0 N–H and O–H groups in total. The summed E-state index contributed by atoms with van der Waals surface area (Å²) in [6.07, 6.45) is 1.90. The van der Waals surface area contributed by atoms with Gasteiger partial charge in [0.05, 0.1) is 6.21 Å². The topological polar surface area (TPSA) is 15.6 Å². The minimum atomic E-state index is 0.958. The normalized spacial score (nSPS) is 10.6. The first-order valence-electron chi connectivity index (χ1n) is 4.70. The zero-order valence-corrected chi connectivity index (χ0v) is 8.27. The van der Waals surface area contributed by atoms with Crippen LogP contribution in [0.15, 0.2) is 35.4 Å². The lowest BCUT2D eigenvalue weighted by Gasteiger charge is -2.12. The second kappa shape index (κ2) is 5.36. The molecule has 2 nitrogen and oxygen atoms in total. The molecule has 0 aliphatic heterocycles. The Bertz CT molecular complexity index is 250. The third-order valence-corrected chi connectivity index (χ3v) is 1.90. The van der Waals surface area contributed by atoms with Crippen LogP contribution in [0.3, 0.4) is 0 Å². The van der Waals surface area contributed by atoms with Crippen molar-refractivity contribution in [2.24, 2.45) is 5.10 Å². The first kappa shape index (κ1) is 9.78. The van der Waals surface area contributed by atoms with Gasteiger partial charge in [0.15, 0.2) is 0 Å². The summed E-state index contributed by atoms with van der Waals surface area (Å²) in [5.41, 5.74) is 1.15. The predicted molar refractivity (Wildman–Crippen MR) is 57.0 cm³/mol. The molecule has 1 aromatic carbocycles. The molecule has 2 heteroatoms. The van der Waals surface area contributed by atoms with Crippen LogP contribution >= 0.6 is 0 Å². The lowest BCUT2D eigenvalue weighted by molar-refractivity contribution is 0.323. The fraction of sp³-hybridized carbons (Fsp3) is 0.364. The maximum absolute atomic E-state index is 4.34. The Balaban J connectivity index is 2.57. The molecule has 0 radical (unpaired) electrons. The van der Waals surface area contributed by atoms with E-state index in [0.717, 1.165) is 18.7 Å². The van der Waals surface area contributed by atoms with Crippen LogP contribution in [0.2, 0.25) is 0 Å². The van der Waals surface area contributed by atoms with Crippen LogP contribution in [0.5, 0.6) is 0 Å². The molecular formula is C11H16N2. The Hall–Kier alpha value is -1.31. The van der Waals surface area contributed by atoms with Crippen LogP contribution < -0.4 is 0 Å². The summed E-state index contributed by atoms with van der Waals surface area (Å²) in [6, 6.07) is 10.1. The Morgan fingerprint density at radius 3 is 2.31 bits per heavy atom. The van der Waals surface area contributed by atoms with E-state index in [2.05, 4.69) is 18.9 Å². The number of hydrogen-bond acceptors (Lipinski definition) is 2. The lowest BCUT2D eigenvalue weighted by atomic mass is 10.2. The lowest BCUT2D eigenvalue weighted by Crippen LogP contribution is -2.15. The van der Waals surface area contributed by atoms with Gasteiger partial charge in [0.1, 0.15) is 0 Å². The first-order chi connectivity index (χ1) is 6.36. The molecule has 13 heavy (non-hydrogen) atoms. The fourth-order valence-electron chi connectivity index (χ4n) is 1.07. The minimum Gasteiger partial charge on any atom is -0.298 e. The summed E-state index contributed by atoms with van der Waals surface area (Å²) in [5, 5.41) is 6.36. The van der Waals surface area contributed by atoms with E-state index in [0.29, 0.717) is 0 Å². The van der Waals surface area contributed by atoms with Gasteiger partial charge in [0, 0.05) is 13.1 Å². The van der Waals surface area contributed by atoms with Gasteiger partial charge in [-0.2, -0.15) is 5.10 Å². The van der Waals surface area contributed by atoms with Crippen molar-refractivity contribution in [1.82, 2.24) is 5.01 Å². The van der Waals surface area contributed by atoms with Crippen molar-refractivity contribution in [3.05, 3.63) is 35.9 Å². The SMILES string of the molecule is CCN(CC)/N=C/c1ccccc1. The predicted octanol–water partition coefficient (Wildman–Crippen LogP) is 2.36. The molecule has 1 aromatic rings. The second-order valence-electron chi connectivity index (χ2n) is 2.79. The van der Waals surface area contributed by atoms with Crippen LogP contribution in [-0.4, -0.2) is 24.3 Å². The third kappa shape index (κ3) is 3.28. The molecule has 0 saturated heterocycles. The number of hydrogen-bond donors (Lipinski definition) is 0. The maximum Gasteiger partial charge on any atom is 0.0542 e. The van der Waals surface area contributed by atoms with Crippen LogP contribution in [0, 0.1) is 0 Å². The van der Waals surface area contributed by atoms with E-state index in [1.54, 1.807) is 0 Å². The van der Waals surface area contributed by atoms with Gasteiger partial charge < -0.3 is 0 Å². The molecule has 0 fully saturated rings. The molecule has 1 rings (SSSR count). The summed E-state index contributed by atoms with van der Waals surface area (Å²) in [4.78, 5) is 0. The third-order valence-electron chi connectivity index (χ3n) is 1.90. The Labute approximate surface area is 79.9 Å². The molecule has 0 amide bonds. The van der Waals surface area contributed by atoms with Gasteiger partial charge in [0.25, 0.3) is 0 Å².